The van der Waals surface area contributed by atoms with E-state index in [1.165, 1.54) is 0 Å². The maximum absolute atomic E-state index is 13.3. The van der Waals surface area contributed by atoms with Crippen LogP contribution in [0.25, 0.3) is 5.65 Å². The topological polar surface area (TPSA) is 108 Å². The number of rotatable bonds is 2. The third-order valence-corrected chi connectivity index (χ3v) is 6.72. The summed E-state index contributed by atoms with van der Waals surface area (Å²) < 4.78 is 7.25. The van der Waals surface area contributed by atoms with Gasteiger partial charge in [0.25, 0.3) is 0 Å². The molecule has 37 heavy (non-hydrogen) atoms. The molecule has 0 aliphatic carbocycles. The Balaban J connectivity index is 1.31. The quantitative estimate of drug-likeness (QED) is 0.563. The van der Waals surface area contributed by atoms with Crippen LogP contribution in [0.4, 0.5) is 26.8 Å². The fourth-order valence-electron chi connectivity index (χ4n) is 4.98. The van der Waals surface area contributed by atoms with Crippen molar-refractivity contribution in [1.29, 1.82) is 0 Å². The largest absolute Gasteiger partial charge is 0.444 e. The van der Waals surface area contributed by atoms with E-state index in [1.807, 2.05) is 53.7 Å². The van der Waals surface area contributed by atoms with Gasteiger partial charge in [0.1, 0.15) is 17.2 Å². The maximum atomic E-state index is 13.3. The van der Waals surface area contributed by atoms with E-state index in [4.69, 9.17) is 4.74 Å². The highest BCUT2D eigenvalue weighted by molar-refractivity contribution is 6.03. The van der Waals surface area contributed by atoms with Gasteiger partial charge >= 0.3 is 12.1 Å². The van der Waals surface area contributed by atoms with Crippen molar-refractivity contribution in [1.82, 2.24) is 24.5 Å². The van der Waals surface area contributed by atoms with E-state index in [0.29, 0.717) is 49.9 Å². The average molecular weight is 507 g/mol. The van der Waals surface area contributed by atoms with Crippen LogP contribution in [-0.2, 0) is 11.2 Å². The number of urea groups is 1. The predicted molar refractivity (Wildman–Crippen MR) is 141 cm³/mol. The number of fused-ring (bicyclic) bond motifs is 2. The van der Waals surface area contributed by atoms with Gasteiger partial charge in [0.15, 0.2) is 5.65 Å². The number of nitrogens with one attached hydrogen (secondary N) is 1. The molecule has 0 saturated carbocycles. The molecule has 3 aromatic heterocycles. The molecule has 11 heteroatoms. The molecule has 0 radical (unpaired) electrons. The van der Waals surface area contributed by atoms with Gasteiger partial charge in [-0.1, -0.05) is 0 Å². The van der Waals surface area contributed by atoms with Crippen molar-refractivity contribution in [2.75, 3.05) is 41.3 Å². The summed E-state index contributed by atoms with van der Waals surface area (Å²) in [6.07, 6.45) is 3.97. The summed E-state index contributed by atoms with van der Waals surface area (Å²) in [4.78, 5) is 40.6. The second-order valence-corrected chi connectivity index (χ2v) is 10.8. The summed E-state index contributed by atoms with van der Waals surface area (Å²) in [5, 5.41) is 7.37. The molecular weight excluding hydrogens is 472 g/mol. The molecule has 1 saturated heterocycles. The van der Waals surface area contributed by atoms with Crippen molar-refractivity contribution in [3.8, 4) is 0 Å². The molecule has 2 aliphatic heterocycles. The van der Waals surface area contributed by atoms with Gasteiger partial charge in [-0.15, -0.1) is 0 Å². The summed E-state index contributed by atoms with van der Waals surface area (Å²) in [6.45, 7) is 13.9. The Kier molecular flexibility index (Phi) is 6.17. The number of hydrogen-bond acceptors (Lipinski definition) is 7. The van der Waals surface area contributed by atoms with E-state index in [2.05, 4.69) is 25.3 Å². The number of ether oxygens (including phenoxy) is 1. The molecule has 1 fully saturated rings. The first kappa shape index (κ1) is 24.8. The van der Waals surface area contributed by atoms with Gasteiger partial charge in [-0.25, -0.2) is 24.1 Å². The monoisotopic (exact) mass is 506 g/mol. The molecule has 11 nitrogen and oxygen atoms in total. The normalized spacial score (nSPS) is 17.8. The van der Waals surface area contributed by atoms with Crippen LogP contribution in [0.5, 0.6) is 0 Å². The van der Waals surface area contributed by atoms with Gasteiger partial charge in [0.05, 0.1) is 11.9 Å². The van der Waals surface area contributed by atoms with Gasteiger partial charge in [0, 0.05) is 49.7 Å². The van der Waals surface area contributed by atoms with Crippen molar-refractivity contribution in [3.05, 3.63) is 41.5 Å². The van der Waals surface area contributed by atoms with E-state index in [9.17, 15) is 9.59 Å². The van der Waals surface area contributed by atoms with Crippen LogP contribution in [0.1, 0.15) is 44.6 Å². The van der Waals surface area contributed by atoms with Gasteiger partial charge < -0.3 is 19.9 Å². The lowest BCUT2D eigenvalue weighted by atomic mass is 10.1. The van der Waals surface area contributed by atoms with E-state index < -0.39 is 5.60 Å². The fraction of sp³-hybridized carbons (Fsp3) is 0.500. The number of nitrogens with zero attached hydrogens (tertiary/aromatic N) is 7. The maximum Gasteiger partial charge on any atom is 0.410 e. The minimum atomic E-state index is -0.525. The molecule has 0 aromatic carbocycles. The standard InChI is InChI=1S/C26H34N8O3/c1-16-13-22-28-18(3)30-34(22)15-20(16)29-24(35)33-10-8-19-21(7-9-27-23(19)33)31-11-12-32(17(2)14-31)25(36)37-26(4,5)6/h7,9,13,15,17H,8,10-12,14H2,1-6H3,(H,29,35)/t17-/m1/s1. The number of pyridine rings is 2. The minimum Gasteiger partial charge on any atom is -0.444 e. The molecule has 1 N–H and O–H groups in total. The smallest absolute Gasteiger partial charge is 0.410 e. The lowest BCUT2D eigenvalue weighted by Crippen LogP contribution is -2.55. The van der Waals surface area contributed by atoms with Crippen LogP contribution in [0.2, 0.25) is 0 Å². The van der Waals surface area contributed by atoms with E-state index >= 15 is 0 Å². The van der Waals surface area contributed by atoms with Crippen LogP contribution < -0.4 is 15.1 Å². The molecule has 0 spiro atoms. The van der Waals surface area contributed by atoms with Crippen LogP contribution in [0.3, 0.4) is 0 Å². The van der Waals surface area contributed by atoms with Crippen molar-refractivity contribution < 1.29 is 14.3 Å². The summed E-state index contributed by atoms with van der Waals surface area (Å²) in [7, 11) is 0. The zero-order chi connectivity index (χ0) is 26.5. The molecule has 196 valence electrons. The third kappa shape index (κ3) is 4.90. The lowest BCUT2D eigenvalue weighted by molar-refractivity contribution is 0.0159. The highest BCUT2D eigenvalue weighted by atomic mass is 16.6. The molecular formula is C26H34N8O3. The Labute approximate surface area is 216 Å². The number of hydrogen-bond donors (Lipinski definition) is 1. The van der Waals surface area contributed by atoms with E-state index in [1.54, 1.807) is 26.7 Å². The van der Waals surface area contributed by atoms with Gasteiger partial charge in [0.2, 0.25) is 0 Å². The van der Waals surface area contributed by atoms with Gasteiger partial charge in [-0.2, -0.15) is 5.10 Å². The number of amides is 3. The van der Waals surface area contributed by atoms with E-state index in [-0.39, 0.29) is 18.2 Å². The Bertz CT molecular complexity index is 1360. The number of aryl methyl sites for hydroxylation is 2. The summed E-state index contributed by atoms with van der Waals surface area (Å²) in [5.74, 6) is 1.35. The Hall–Kier alpha value is -3.89. The summed E-state index contributed by atoms with van der Waals surface area (Å²) in [6, 6.07) is 3.67. The molecule has 3 amide bonds. The first-order valence-corrected chi connectivity index (χ1v) is 12.6. The number of aromatic nitrogens is 4. The fourth-order valence-corrected chi connectivity index (χ4v) is 4.98. The minimum absolute atomic E-state index is 0.00784. The van der Waals surface area contributed by atoms with E-state index in [0.717, 1.165) is 22.5 Å². The highest BCUT2D eigenvalue weighted by Gasteiger charge is 2.34. The molecule has 5 rings (SSSR count). The van der Waals surface area contributed by atoms with Crippen molar-refractivity contribution >= 4 is 35.0 Å². The molecule has 1 atom stereocenters. The predicted octanol–water partition coefficient (Wildman–Crippen LogP) is 3.78. The van der Waals surface area contributed by atoms with Gasteiger partial charge in [-0.3, -0.25) is 4.90 Å². The molecule has 5 heterocycles. The summed E-state index contributed by atoms with van der Waals surface area (Å²) in [5.41, 5.74) is 3.92. The average Bonchev–Trinajstić information content (AvgIpc) is 3.40. The van der Waals surface area contributed by atoms with Crippen LogP contribution in [-0.4, -0.2) is 74.4 Å². The number of carbonyl (C=O) groups is 2. The van der Waals surface area contributed by atoms with Crippen LogP contribution >= 0.6 is 0 Å². The number of carbonyl (C=O) groups excluding carboxylic acids is 2. The number of anilines is 3. The second kappa shape index (κ2) is 9.20. The second-order valence-electron chi connectivity index (χ2n) is 10.8. The van der Waals surface area contributed by atoms with Crippen molar-refractivity contribution in [2.24, 2.45) is 0 Å². The third-order valence-electron chi connectivity index (χ3n) is 6.72. The van der Waals surface area contributed by atoms with Crippen LogP contribution in [0, 0.1) is 13.8 Å². The molecule has 2 aliphatic rings. The first-order valence-electron chi connectivity index (χ1n) is 12.6. The Morgan fingerprint density at radius 2 is 1.95 bits per heavy atom. The Morgan fingerprint density at radius 3 is 2.68 bits per heavy atom. The zero-order valence-electron chi connectivity index (χ0n) is 22.3. The molecule has 0 unspecified atom stereocenters. The highest BCUT2D eigenvalue weighted by Crippen LogP contribution is 2.35. The first-order chi connectivity index (χ1) is 17.5. The van der Waals surface area contributed by atoms with Crippen molar-refractivity contribution in [3.63, 3.8) is 0 Å². The molecule has 3 aromatic rings. The SMILES string of the molecule is Cc1nc2cc(C)c(NC(=O)N3CCc4c(N5CCN(C(=O)OC(C)(C)C)[C@H](C)C5)ccnc43)cn2n1. The number of piperazine rings is 1. The van der Waals surface area contributed by atoms with Gasteiger partial charge in [-0.05, 0) is 65.7 Å². The zero-order valence-corrected chi connectivity index (χ0v) is 22.3. The van der Waals surface area contributed by atoms with Crippen LogP contribution in [0.15, 0.2) is 24.5 Å². The Morgan fingerprint density at radius 1 is 1.16 bits per heavy atom. The summed E-state index contributed by atoms with van der Waals surface area (Å²) >= 11 is 0. The van der Waals surface area contributed by atoms with Crippen molar-refractivity contribution in [2.45, 2.75) is 59.6 Å². The molecule has 0 bridgehead atoms. The lowest BCUT2D eigenvalue weighted by Gasteiger charge is -2.41.